The van der Waals surface area contributed by atoms with Crippen LogP contribution in [0.4, 0.5) is 17.6 Å². The number of benzene rings is 1. The van der Waals surface area contributed by atoms with Crippen molar-refractivity contribution in [2.75, 3.05) is 13.2 Å². The van der Waals surface area contributed by atoms with Crippen LogP contribution in [0, 0.1) is 5.82 Å². The molecule has 0 radical (unpaired) electrons. The molecule has 0 amide bonds. The summed E-state index contributed by atoms with van der Waals surface area (Å²) in [6.07, 6.45) is -5.56. The SMILES string of the molecule is OC(COCC(F)(F)F)Cc1ccc(F)cc1Cl. The monoisotopic (exact) mass is 286 g/mol. The van der Waals surface area contributed by atoms with Crippen LogP contribution in [0.2, 0.25) is 5.02 Å². The molecule has 1 aromatic carbocycles. The third-order valence-electron chi connectivity index (χ3n) is 2.05. The summed E-state index contributed by atoms with van der Waals surface area (Å²) >= 11 is 5.71. The molecule has 0 aliphatic carbocycles. The number of aliphatic hydroxyl groups excluding tert-OH is 1. The van der Waals surface area contributed by atoms with Gasteiger partial charge in [-0.25, -0.2) is 4.39 Å². The maximum absolute atomic E-state index is 12.7. The molecular weight excluding hydrogens is 276 g/mol. The van der Waals surface area contributed by atoms with Crippen molar-refractivity contribution in [2.24, 2.45) is 0 Å². The first-order valence-corrected chi connectivity index (χ1v) is 5.42. The third kappa shape index (κ3) is 5.66. The highest BCUT2D eigenvalue weighted by Gasteiger charge is 2.27. The van der Waals surface area contributed by atoms with Crippen molar-refractivity contribution in [2.45, 2.75) is 18.7 Å². The van der Waals surface area contributed by atoms with Crippen molar-refractivity contribution in [1.82, 2.24) is 0 Å². The summed E-state index contributed by atoms with van der Waals surface area (Å²) in [7, 11) is 0. The molecule has 0 saturated heterocycles. The van der Waals surface area contributed by atoms with Crippen LogP contribution in [0.15, 0.2) is 18.2 Å². The lowest BCUT2D eigenvalue weighted by Gasteiger charge is -2.13. The van der Waals surface area contributed by atoms with E-state index in [1.807, 2.05) is 0 Å². The Kier molecular flexibility index (Phi) is 5.37. The van der Waals surface area contributed by atoms with Crippen LogP contribution in [0.1, 0.15) is 5.56 Å². The van der Waals surface area contributed by atoms with Crippen LogP contribution < -0.4 is 0 Å². The molecule has 102 valence electrons. The fourth-order valence-corrected chi connectivity index (χ4v) is 1.56. The molecule has 18 heavy (non-hydrogen) atoms. The zero-order valence-electron chi connectivity index (χ0n) is 9.18. The second-order valence-electron chi connectivity index (χ2n) is 3.72. The highest BCUT2D eigenvalue weighted by molar-refractivity contribution is 6.31. The van der Waals surface area contributed by atoms with Gasteiger partial charge in [0.25, 0.3) is 0 Å². The fraction of sp³-hybridized carbons (Fsp3) is 0.455. The first-order chi connectivity index (χ1) is 8.28. The number of hydrogen-bond donors (Lipinski definition) is 1. The van der Waals surface area contributed by atoms with Gasteiger partial charge in [-0.3, -0.25) is 0 Å². The predicted octanol–water partition coefficient (Wildman–Crippen LogP) is 2.96. The lowest BCUT2D eigenvalue weighted by molar-refractivity contribution is -0.179. The summed E-state index contributed by atoms with van der Waals surface area (Å²) < 4.78 is 52.3. The molecule has 7 heteroatoms. The molecule has 1 rings (SSSR count). The zero-order chi connectivity index (χ0) is 13.8. The maximum atomic E-state index is 12.7. The van der Waals surface area contributed by atoms with Crippen LogP contribution in [0.25, 0.3) is 0 Å². The first-order valence-electron chi connectivity index (χ1n) is 5.04. The van der Waals surface area contributed by atoms with E-state index >= 15 is 0 Å². The van der Waals surface area contributed by atoms with Gasteiger partial charge in [0.05, 0.1) is 12.7 Å². The number of alkyl halides is 3. The Bertz CT molecular complexity index is 395. The molecule has 0 spiro atoms. The molecule has 0 fully saturated rings. The molecule has 0 aliphatic heterocycles. The first kappa shape index (κ1) is 15.2. The highest BCUT2D eigenvalue weighted by atomic mass is 35.5. The van der Waals surface area contributed by atoms with Gasteiger partial charge in [-0.1, -0.05) is 17.7 Å². The van der Waals surface area contributed by atoms with Crippen LogP contribution in [-0.2, 0) is 11.2 Å². The third-order valence-corrected chi connectivity index (χ3v) is 2.40. The Labute approximate surface area is 106 Å². The summed E-state index contributed by atoms with van der Waals surface area (Å²) in [4.78, 5) is 0. The number of rotatable bonds is 5. The molecule has 1 atom stereocenters. The largest absolute Gasteiger partial charge is 0.411 e. The van der Waals surface area contributed by atoms with Crippen LogP contribution in [0.3, 0.4) is 0 Å². The molecule has 0 aromatic heterocycles. The molecule has 2 nitrogen and oxygen atoms in total. The van der Waals surface area contributed by atoms with E-state index in [-0.39, 0.29) is 11.4 Å². The number of hydrogen-bond acceptors (Lipinski definition) is 2. The lowest BCUT2D eigenvalue weighted by atomic mass is 10.1. The topological polar surface area (TPSA) is 29.5 Å². The van der Waals surface area contributed by atoms with Gasteiger partial charge in [0.1, 0.15) is 12.4 Å². The zero-order valence-corrected chi connectivity index (χ0v) is 9.93. The van der Waals surface area contributed by atoms with Crippen LogP contribution in [-0.4, -0.2) is 30.6 Å². The van der Waals surface area contributed by atoms with Gasteiger partial charge in [0, 0.05) is 11.4 Å². The molecule has 1 N–H and O–H groups in total. The molecule has 0 aliphatic rings. The Morgan fingerprint density at radius 1 is 1.33 bits per heavy atom. The number of aliphatic hydroxyl groups is 1. The molecule has 0 heterocycles. The van der Waals surface area contributed by atoms with Crippen molar-refractivity contribution < 1.29 is 27.4 Å². The minimum Gasteiger partial charge on any atom is -0.390 e. The van der Waals surface area contributed by atoms with Gasteiger partial charge in [-0.15, -0.1) is 0 Å². The average Bonchev–Trinajstić information content (AvgIpc) is 2.20. The smallest absolute Gasteiger partial charge is 0.390 e. The number of ether oxygens (including phenoxy) is 1. The standard InChI is InChI=1S/C11H11ClF4O2/c12-10-4-8(13)2-1-7(10)3-9(17)5-18-6-11(14,15)16/h1-2,4,9,17H,3,5-6H2. The van der Waals surface area contributed by atoms with Gasteiger partial charge in [-0.2, -0.15) is 13.2 Å². The van der Waals surface area contributed by atoms with Gasteiger partial charge < -0.3 is 9.84 Å². The molecular formula is C11H11ClF4O2. The van der Waals surface area contributed by atoms with E-state index in [2.05, 4.69) is 4.74 Å². The van der Waals surface area contributed by atoms with Crippen molar-refractivity contribution in [3.63, 3.8) is 0 Å². The van der Waals surface area contributed by atoms with Crippen molar-refractivity contribution in [3.05, 3.63) is 34.6 Å². The van der Waals surface area contributed by atoms with Gasteiger partial charge in [0.15, 0.2) is 0 Å². The van der Waals surface area contributed by atoms with E-state index in [9.17, 15) is 22.7 Å². The van der Waals surface area contributed by atoms with E-state index in [4.69, 9.17) is 11.6 Å². The second kappa shape index (κ2) is 6.36. The van der Waals surface area contributed by atoms with Crippen LogP contribution >= 0.6 is 11.6 Å². The summed E-state index contributed by atoms with van der Waals surface area (Å²) in [5.41, 5.74) is 0.446. The molecule has 1 aromatic rings. The minimum absolute atomic E-state index is 0.00301. The fourth-order valence-electron chi connectivity index (χ4n) is 1.31. The van der Waals surface area contributed by atoms with Crippen LogP contribution in [0.5, 0.6) is 0 Å². The summed E-state index contributed by atoms with van der Waals surface area (Å²) in [5, 5.41) is 9.56. The van der Waals surface area contributed by atoms with E-state index in [1.165, 1.54) is 6.07 Å². The van der Waals surface area contributed by atoms with E-state index in [1.54, 1.807) is 0 Å². The average molecular weight is 287 g/mol. The van der Waals surface area contributed by atoms with Gasteiger partial charge >= 0.3 is 6.18 Å². The normalized spacial score (nSPS) is 13.7. The Morgan fingerprint density at radius 2 is 2.00 bits per heavy atom. The number of halogens is 5. The van der Waals surface area contributed by atoms with E-state index in [0.717, 1.165) is 12.1 Å². The lowest BCUT2D eigenvalue weighted by Crippen LogP contribution is -2.24. The maximum Gasteiger partial charge on any atom is 0.411 e. The van der Waals surface area contributed by atoms with Crippen molar-refractivity contribution in [3.8, 4) is 0 Å². The summed E-state index contributed by atoms with van der Waals surface area (Å²) in [5.74, 6) is -0.522. The Hall–Kier alpha value is -0.850. The minimum atomic E-state index is -4.42. The summed E-state index contributed by atoms with van der Waals surface area (Å²) in [6.45, 7) is -1.88. The predicted molar refractivity (Wildman–Crippen MR) is 58.0 cm³/mol. The molecule has 0 bridgehead atoms. The quantitative estimate of drug-likeness (QED) is 0.843. The van der Waals surface area contributed by atoms with Crippen molar-refractivity contribution in [1.29, 1.82) is 0 Å². The Balaban J connectivity index is 2.42. The highest BCUT2D eigenvalue weighted by Crippen LogP contribution is 2.19. The van der Waals surface area contributed by atoms with Crippen molar-refractivity contribution >= 4 is 11.6 Å². The Morgan fingerprint density at radius 3 is 2.56 bits per heavy atom. The summed E-state index contributed by atoms with van der Waals surface area (Å²) in [6, 6.07) is 3.59. The second-order valence-corrected chi connectivity index (χ2v) is 4.13. The molecule has 0 saturated carbocycles. The van der Waals surface area contributed by atoms with E-state index < -0.39 is 31.3 Å². The van der Waals surface area contributed by atoms with E-state index in [0.29, 0.717) is 5.56 Å². The van der Waals surface area contributed by atoms with Gasteiger partial charge in [-0.05, 0) is 17.7 Å². The van der Waals surface area contributed by atoms with Gasteiger partial charge in [0.2, 0.25) is 0 Å². The molecule has 1 unspecified atom stereocenters.